The fraction of sp³-hybridized carbons (Fsp3) is 0.381. The summed E-state index contributed by atoms with van der Waals surface area (Å²) >= 11 is 0. The second kappa shape index (κ2) is 7.26. The Morgan fingerprint density at radius 3 is 2.76 bits per heavy atom. The third-order valence-corrected chi connectivity index (χ3v) is 4.71. The summed E-state index contributed by atoms with van der Waals surface area (Å²) in [5.41, 5.74) is 2.12. The molecule has 0 radical (unpaired) electrons. The summed E-state index contributed by atoms with van der Waals surface area (Å²) in [6.45, 7) is 6.86. The number of amides is 1. The lowest BCUT2D eigenvalue weighted by atomic mass is 9.95. The van der Waals surface area contributed by atoms with E-state index in [2.05, 4.69) is 6.07 Å². The van der Waals surface area contributed by atoms with Gasteiger partial charge in [0.2, 0.25) is 0 Å². The maximum absolute atomic E-state index is 13.8. The molecule has 0 aromatic heterocycles. The van der Waals surface area contributed by atoms with Crippen LogP contribution in [0, 0.1) is 18.7 Å². The number of hydrogen-bond acceptors (Lipinski definition) is 2. The predicted octanol–water partition coefficient (Wildman–Crippen LogP) is 4.24. The van der Waals surface area contributed by atoms with Crippen molar-refractivity contribution in [2.45, 2.75) is 33.2 Å². The first kappa shape index (κ1) is 17.5. The van der Waals surface area contributed by atoms with E-state index in [1.165, 1.54) is 11.6 Å². The molecule has 0 N–H and O–H groups in total. The number of carbonyl (C=O) groups is 1. The van der Waals surface area contributed by atoms with E-state index < -0.39 is 0 Å². The molecule has 1 atom stereocenters. The number of nitrogens with zero attached hydrogens (tertiary/aromatic N) is 1. The van der Waals surface area contributed by atoms with Gasteiger partial charge in [-0.05, 0) is 56.5 Å². The van der Waals surface area contributed by atoms with Crippen LogP contribution in [0.15, 0.2) is 42.5 Å². The van der Waals surface area contributed by atoms with E-state index in [0.717, 1.165) is 12.2 Å². The van der Waals surface area contributed by atoms with E-state index in [-0.39, 0.29) is 23.7 Å². The number of ether oxygens (including phenoxy) is 1. The summed E-state index contributed by atoms with van der Waals surface area (Å²) in [7, 11) is 0. The number of benzene rings is 2. The quantitative estimate of drug-likeness (QED) is 0.833. The summed E-state index contributed by atoms with van der Waals surface area (Å²) in [5.74, 6) is 0.690. The normalized spacial score (nSPS) is 16.3. The van der Waals surface area contributed by atoms with Crippen LogP contribution in [0.4, 0.5) is 4.39 Å². The Hall–Kier alpha value is -2.36. The summed E-state index contributed by atoms with van der Waals surface area (Å²) in [6, 6.07) is 12.7. The zero-order chi connectivity index (χ0) is 18.0. The van der Waals surface area contributed by atoms with Crippen LogP contribution < -0.4 is 4.74 Å². The van der Waals surface area contributed by atoms with Crippen LogP contribution in [0.2, 0.25) is 0 Å². The molecule has 1 aliphatic heterocycles. The first-order valence-electron chi connectivity index (χ1n) is 8.73. The van der Waals surface area contributed by atoms with Crippen molar-refractivity contribution in [1.82, 2.24) is 4.90 Å². The minimum absolute atomic E-state index is 0.0361. The highest BCUT2D eigenvalue weighted by Gasteiger charge is 2.26. The van der Waals surface area contributed by atoms with E-state index >= 15 is 0 Å². The molecular formula is C21H24FNO2. The lowest BCUT2D eigenvalue weighted by molar-refractivity contribution is 0.0635. The zero-order valence-corrected chi connectivity index (χ0v) is 15.0. The van der Waals surface area contributed by atoms with Gasteiger partial charge < -0.3 is 9.64 Å². The van der Waals surface area contributed by atoms with Crippen LogP contribution in [-0.2, 0) is 6.42 Å². The van der Waals surface area contributed by atoms with Gasteiger partial charge in [-0.25, -0.2) is 4.39 Å². The Labute approximate surface area is 148 Å². The highest BCUT2D eigenvalue weighted by molar-refractivity contribution is 5.94. The van der Waals surface area contributed by atoms with Crippen molar-refractivity contribution >= 4 is 5.91 Å². The SMILES string of the molecule is Cc1ccc(C(=O)N(C[C@H]2COc3ccccc3C2)C(C)C)cc1F. The molecule has 0 bridgehead atoms. The van der Waals surface area contributed by atoms with Crippen LogP contribution >= 0.6 is 0 Å². The average Bonchev–Trinajstić information content (AvgIpc) is 2.61. The zero-order valence-electron chi connectivity index (χ0n) is 15.0. The standard InChI is InChI=1S/C21H24FNO2/c1-14(2)23(21(24)18-9-8-15(3)19(22)11-18)12-16-10-17-6-4-5-7-20(17)25-13-16/h4-9,11,14,16H,10,12-13H2,1-3H3/t16-/m0/s1. The fourth-order valence-corrected chi connectivity index (χ4v) is 3.21. The van der Waals surface area contributed by atoms with Gasteiger partial charge in [0, 0.05) is 24.1 Å². The second-order valence-corrected chi connectivity index (χ2v) is 7.00. The van der Waals surface area contributed by atoms with E-state index in [4.69, 9.17) is 4.74 Å². The Morgan fingerprint density at radius 1 is 1.28 bits per heavy atom. The molecule has 1 amide bonds. The fourth-order valence-electron chi connectivity index (χ4n) is 3.21. The van der Waals surface area contributed by atoms with Gasteiger partial charge in [-0.2, -0.15) is 0 Å². The molecule has 0 saturated carbocycles. The Kier molecular flexibility index (Phi) is 5.07. The Morgan fingerprint density at radius 2 is 2.04 bits per heavy atom. The molecule has 3 nitrogen and oxygen atoms in total. The third-order valence-electron chi connectivity index (χ3n) is 4.71. The minimum atomic E-state index is -0.343. The van der Waals surface area contributed by atoms with Crippen LogP contribution in [0.5, 0.6) is 5.75 Å². The first-order valence-corrected chi connectivity index (χ1v) is 8.73. The Balaban J connectivity index is 1.75. The highest BCUT2D eigenvalue weighted by atomic mass is 19.1. The highest BCUT2D eigenvalue weighted by Crippen LogP contribution is 2.28. The van der Waals surface area contributed by atoms with Gasteiger partial charge in [-0.15, -0.1) is 0 Å². The molecule has 0 aliphatic carbocycles. The van der Waals surface area contributed by atoms with Gasteiger partial charge in [-0.1, -0.05) is 24.3 Å². The maximum Gasteiger partial charge on any atom is 0.254 e. The molecule has 0 saturated heterocycles. The molecule has 2 aromatic carbocycles. The molecule has 25 heavy (non-hydrogen) atoms. The average molecular weight is 341 g/mol. The Bertz CT molecular complexity index is 772. The molecule has 3 rings (SSSR count). The molecule has 2 aromatic rings. The number of halogens is 1. The number of aryl methyl sites for hydroxylation is 1. The molecule has 1 aliphatic rings. The second-order valence-electron chi connectivity index (χ2n) is 7.00. The van der Waals surface area contributed by atoms with Crippen LogP contribution in [0.1, 0.15) is 35.3 Å². The summed E-state index contributed by atoms with van der Waals surface area (Å²) in [6.07, 6.45) is 0.884. The van der Waals surface area contributed by atoms with E-state index in [9.17, 15) is 9.18 Å². The van der Waals surface area contributed by atoms with Gasteiger partial charge >= 0.3 is 0 Å². The number of fused-ring (bicyclic) bond motifs is 1. The van der Waals surface area contributed by atoms with Crippen LogP contribution in [0.3, 0.4) is 0 Å². The van der Waals surface area contributed by atoms with Gasteiger partial charge in [0.15, 0.2) is 0 Å². The number of rotatable bonds is 4. The molecule has 132 valence electrons. The monoisotopic (exact) mass is 341 g/mol. The largest absolute Gasteiger partial charge is 0.493 e. The molecule has 4 heteroatoms. The molecule has 0 unspecified atom stereocenters. The van der Waals surface area contributed by atoms with Gasteiger partial charge in [-0.3, -0.25) is 4.79 Å². The topological polar surface area (TPSA) is 29.5 Å². The van der Waals surface area contributed by atoms with Crippen molar-refractivity contribution in [2.24, 2.45) is 5.92 Å². The smallest absolute Gasteiger partial charge is 0.254 e. The van der Waals surface area contributed by atoms with E-state index in [0.29, 0.717) is 24.3 Å². The van der Waals surface area contributed by atoms with Gasteiger partial charge in [0.1, 0.15) is 11.6 Å². The number of para-hydroxylation sites is 1. The predicted molar refractivity (Wildman–Crippen MR) is 96.4 cm³/mol. The van der Waals surface area contributed by atoms with Crippen molar-refractivity contribution in [3.8, 4) is 5.75 Å². The molecular weight excluding hydrogens is 317 g/mol. The lowest BCUT2D eigenvalue weighted by Crippen LogP contribution is -2.43. The molecule has 0 spiro atoms. The van der Waals surface area contributed by atoms with E-state index in [1.54, 1.807) is 19.1 Å². The summed E-state index contributed by atoms with van der Waals surface area (Å²) < 4.78 is 19.7. The lowest BCUT2D eigenvalue weighted by Gasteiger charge is -2.33. The number of carbonyl (C=O) groups excluding carboxylic acids is 1. The van der Waals surface area contributed by atoms with Gasteiger partial charge in [0.25, 0.3) is 5.91 Å². The van der Waals surface area contributed by atoms with Crippen molar-refractivity contribution in [2.75, 3.05) is 13.2 Å². The van der Waals surface area contributed by atoms with Crippen molar-refractivity contribution < 1.29 is 13.9 Å². The summed E-state index contributed by atoms with van der Waals surface area (Å²) in [5, 5.41) is 0. The van der Waals surface area contributed by atoms with Crippen LogP contribution in [0.25, 0.3) is 0 Å². The number of hydrogen-bond donors (Lipinski definition) is 0. The van der Waals surface area contributed by atoms with Crippen molar-refractivity contribution in [3.63, 3.8) is 0 Å². The third kappa shape index (κ3) is 3.84. The van der Waals surface area contributed by atoms with Crippen molar-refractivity contribution in [1.29, 1.82) is 0 Å². The van der Waals surface area contributed by atoms with Crippen molar-refractivity contribution in [3.05, 3.63) is 65.0 Å². The van der Waals surface area contributed by atoms with Gasteiger partial charge in [0.05, 0.1) is 6.61 Å². The minimum Gasteiger partial charge on any atom is -0.493 e. The molecule has 0 fully saturated rings. The van der Waals surface area contributed by atoms with E-state index in [1.807, 2.05) is 36.9 Å². The van der Waals surface area contributed by atoms with Crippen LogP contribution in [-0.4, -0.2) is 30.0 Å². The maximum atomic E-state index is 13.8. The first-order chi connectivity index (χ1) is 12.0. The summed E-state index contributed by atoms with van der Waals surface area (Å²) in [4.78, 5) is 14.7. The molecule has 1 heterocycles.